The monoisotopic (exact) mass is 427 g/mol. The Morgan fingerprint density at radius 1 is 1.10 bits per heavy atom. The predicted molar refractivity (Wildman–Crippen MR) is 115 cm³/mol. The molecule has 1 saturated carbocycles. The summed E-state index contributed by atoms with van der Waals surface area (Å²) in [5.74, 6) is -0.136. The summed E-state index contributed by atoms with van der Waals surface area (Å²) >= 11 is 6.11. The second-order valence-corrected chi connectivity index (χ2v) is 8.36. The van der Waals surface area contributed by atoms with Crippen LogP contribution in [0, 0.1) is 0 Å². The van der Waals surface area contributed by atoms with Crippen LogP contribution in [0.1, 0.15) is 60.6 Å². The highest BCUT2D eigenvalue weighted by Crippen LogP contribution is 2.28. The number of carbonyl (C=O) groups excluding carboxylic acids is 2. The van der Waals surface area contributed by atoms with Crippen LogP contribution in [0.2, 0.25) is 5.02 Å². The number of amides is 2. The fourth-order valence-electron chi connectivity index (χ4n) is 4.15. The minimum absolute atomic E-state index is 0.0231. The quantitative estimate of drug-likeness (QED) is 0.741. The fraction of sp³-hybridized carbons (Fsp3) is 0.455. The van der Waals surface area contributed by atoms with Crippen molar-refractivity contribution in [1.29, 1.82) is 0 Å². The molecule has 7 nitrogen and oxygen atoms in total. The highest BCUT2D eigenvalue weighted by Gasteiger charge is 2.26. The van der Waals surface area contributed by atoms with Gasteiger partial charge in [0.2, 0.25) is 5.91 Å². The van der Waals surface area contributed by atoms with Gasteiger partial charge in [-0.15, -0.1) is 5.10 Å². The van der Waals surface area contributed by atoms with Crippen LogP contribution in [-0.4, -0.2) is 50.8 Å². The maximum atomic E-state index is 12.4. The Morgan fingerprint density at radius 2 is 1.83 bits per heavy atom. The van der Waals surface area contributed by atoms with E-state index in [-0.39, 0.29) is 23.9 Å². The van der Waals surface area contributed by atoms with Crippen LogP contribution >= 0.6 is 11.6 Å². The van der Waals surface area contributed by atoms with Gasteiger partial charge in [0.05, 0.1) is 12.2 Å². The van der Waals surface area contributed by atoms with Gasteiger partial charge in [0, 0.05) is 30.2 Å². The zero-order valence-corrected chi connectivity index (χ0v) is 17.6. The summed E-state index contributed by atoms with van der Waals surface area (Å²) in [6, 6.07) is 7.77. The van der Waals surface area contributed by atoms with Crippen molar-refractivity contribution in [3.63, 3.8) is 0 Å². The fourth-order valence-corrected chi connectivity index (χ4v) is 4.34. The topological polar surface area (TPSA) is 80.1 Å². The van der Waals surface area contributed by atoms with Gasteiger partial charge in [-0.05, 0) is 56.2 Å². The lowest BCUT2D eigenvalue weighted by Crippen LogP contribution is -2.37. The molecule has 1 aromatic heterocycles. The molecule has 30 heavy (non-hydrogen) atoms. The van der Waals surface area contributed by atoms with Gasteiger partial charge in [-0.3, -0.25) is 9.59 Å². The molecule has 1 aromatic carbocycles. The lowest BCUT2D eigenvalue weighted by Gasteiger charge is -2.28. The van der Waals surface area contributed by atoms with E-state index in [2.05, 4.69) is 15.6 Å². The predicted octanol–water partition coefficient (Wildman–Crippen LogP) is 3.48. The Bertz CT molecular complexity index is 927. The van der Waals surface area contributed by atoms with Crippen LogP contribution in [0.4, 0.5) is 0 Å². The average Bonchev–Trinajstić information content (AvgIpc) is 3.46. The van der Waals surface area contributed by atoms with E-state index < -0.39 is 0 Å². The van der Waals surface area contributed by atoms with E-state index >= 15 is 0 Å². The van der Waals surface area contributed by atoms with Gasteiger partial charge in [-0.25, -0.2) is 4.68 Å². The minimum atomic E-state index is -0.113. The number of hydrogen-bond donors (Lipinski definition) is 1. The van der Waals surface area contributed by atoms with Crippen molar-refractivity contribution < 1.29 is 9.59 Å². The maximum absolute atomic E-state index is 12.4. The van der Waals surface area contributed by atoms with Crippen molar-refractivity contribution in [2.75, 3.05) is 13.1 Å². The molecule has 2 aliphatic rings. The van der Waals surface area contributed by atoms with Gasteiger partial charge in [-0.2, -0.15) is 0 Å². The number of rotatable bonds is 5. The Labute approximate surface area is 181 Å². The number of nitrogens with zero attached hydrogens (tertiary/aromatic N) is 4. The van der Waals surface area contributed by atoms with Gasteiger partial charge in [0.15, 0.2) is 5.69 Å². The molecule has 1 aliphatic carbocycles. The molecule has 158 valence electrons. The normalized spacial score (nSPS) is 21.8. The van der Waals surface area contributed by atoms with Crippen LogP contribution in [0.3, 0.4) is 0 Å². The van der Waals surface area contributed by atoms with E-state index in [0.717, 1.165) is 57.2 Å². The van der Waals surface area contributed by atoms with E-state index in [0.29, 0.717) is 10.7 Å². The zero-order valence-electron chi connectivity index (χ0n) is 16.8. The molecular weight excluding hydrogens is 402 g/mol. The second-order valence-electron chi connectivity index (χ2n) is 7.95. The molecule has 2 aromatic rings. The lowest BCUT2D eigenvalue weighted by atomic mass is 9.91. The van der Waals surface area contributed by atoms with E-state index in [4.69, 9.17) is 11.6 Å². The summed E-state index contributed by atoms with van der Waals surface area (Å²) in [5, 5.41) is 12.0. The Kier molecular flexibility index (Phi) is 6.47. The van der Waals surface area contributed by atoms with Crippen LogP contribution in [-0.2, 0) is 4.79 Å². The van der Waals surface area contributed by atoms with Crippen LogP contribution in [0.25, 0.3) is 6.08 Å². The number of halogens is 1. The minimum Gasteiger partial charge on any atom is -0.350 e. The Hall–Kier alpha value is -2.67. The summed E-state index contributed by atoms with van der Waals surface area (Å²) in [4.78, 5) is 26.5. The number of benzene rings is 1. The summed E-state index contributed by atoms with van der Waals surface area (Å²) < 4.78 is 1.82. The molecular formula is C22H26ClN5O2. The summed E-state index contributed by atoms with van der Waals surface area (Å²) in [7, 11) is 0. The van der Waals surface area contributed by atoms with Gasteiger partial charge >= 0.3 is 0 Å². The zero-order chi connectivity index (χ0) is 20.9. The third kappa shape index (κ3) is 4.90. The number of aromatic nitrogens is 3. The van der Waals surface area contributed by atoms with E-state index in [9.17, 15) is 9.59 Å². The van der Waals surface area contributed by atoms with Crippen molar-refractivity contribution in [2.24, 2.45) is 0 Å². The molecule has 2 heterocycles. The largest absolute Gasteiger partial charge is 0.350 e. The van der Waals surface area contributed by atoms with Crippen molar-refractivity contribution in [1.82, 2.24) is 25.2 Å². The molecule has 0 bridgehead atoms. The van der Waals surface area contributed by atoms with Crippen molar-refractivity contribution in [3.05, 3.63) is 52.8 Å². The molecule has 1 N–H and O–H groups in total. The molecule has 1 aliphatic heterocycles. The van der Waals surface area contributed by atoms with E-state index in [1.54, 1.807) is 18.3 Å². The first kappa shape index (κ1) is 20.6. The lowest BCUT2D eigenvalue weighted by molar-refractivity contribution is -0.117. The molecule has 1 saturated heterocycles. The number of hydrogen-bond acceptors (Lipinski definition) is 4. The Balaban J connectivity index is 1.26. The van der Waals surface area contributed by atoms with Crippen LogP contribution in [0.5, 0.6) is 0 Å². The third-order valence-electron chi connectivity index (χ3n) is 5.86. The molecule has 0 radical (unpaired) electrons. The summed E-state index contributed by atoms with van der Waals surface area (Å²) in [6.45, 7) is 1.61. The standard InChI is InChI=1S/C22H26ClN5O2/c23-19-6-2-1-5-16(19)7-12-21(29)24-17-8-10-18(11-9-17)28-15-20(25-26-28)22(30)27-13-3-4-14-27/h1-2,5-7,12,15,17-18H,3-4,8-11,13-14H2,(H,24,29)/b12-7+. The number of carbonyl (C=O) groups is 2. The van der Waals surface area contributed by atoms with E-state index in [1.807, 2.05) is 27.8 Å². The molecule has 2 fully saturated rings. The second kappa shape index (κ2) is 9.43. The first-order valence-corrected chi connectivity index (χ1v) is 10.9. The number of nitrogens with one attached hydrogen (secondary N) is 1. The van der Waals surface area contributed by atoms with Crippen LogP contribution in [0.15, 0.2) is 36.5 Å². The Morgan fingerprint density at radius 3 is 2.57 bits per heavy atom. The average molecular weight is 428 g/mol. The van der Waals surface area contributed by atoms with Crippen molar-refractivity contribution >= 4 is 29.5 Å². The van der Waals surface area contributed by atoms with E-state index in [1.165, 1.54) is 6.08 Å². The van der Waals surface area contributed by atoms with Crippen molar-refractivity contribution in [2.45, 2.75) is 50.6 Å². The first-order chi connectivity index (χ1) is 14.6. The van der Waals surface area contributed by atoms with Gasteiger partial charge in [0.25, 0.3) is 5.91 Å². The van der Waals surface area contributed by atoms with Gasteiger partial charge in [0.1, 0.15) is 0 Å². The summed E-state index contributed by atoms with van der Waals surface area (Å²) in [6.07, 6.45) is 10.7. The first-order valence-electron chi connectivity index (χ1n) is 10.5. The molecule has 4 rings (SSSR count). The number of likely N-dealkylation sites (tertiary alicyclic amines) is 1. The SMILES string of the molecule is O=C(/C=C/c1ccccc1Cl)NC1CCC(n2cc(C(=O)N3CCCC3)nn2)CC1. The molecule has 2 amide bonds. The highest BCUT2D eigenvalue weighted by molar-refractivity contribution is 6.32. The molecule has 0 atom stereocenters. The molecule has 8 heteroatoms. The van der Waals surface area contributed by atoms with Crippen LogP contribution < -0.4 is 5.32 Å². The van der Waals surface area contributed by atoms with Crippen molar-refractivity contribution in [3.8, 4) is 0 Å². The maximum Gasteiger partial charge on any atom is 0.276 e. The summed E-state index contributed by atoms with van der Waals surface area (Å²) in [5.41, 5.74) is 1.25. The molecule has 0 unspecified atom stereocenters. The molecule has 0 spiro atoms. The highest BCUT2D eigenvalue weighted by atomic mass is 35.5. The van der Waals surface area contributed by atoms with Gasteiger partial charge < -0.3 is 10.2 Å². The van der Waals surface area contributed by atoms with Gasteiger partial charge in [-0.1, -0.05) is 35.0 Å². The third-order valence-corrected chi connectivity index (χ3v) is 6.20. The smallest absolute Gasteiger partial charge is 0.276 e.